The number of likely N-dealkylation sites (tertiary alicyclic amines) is 1. The van der Waals surface area contributed by atoms with Gasteiger partial charge in [0.1, 0.15) is 11.6 Å². The highest BCUT2D eigenvalue weighted by Gasteiger charge is 2.35. The van der Waals surface area contributed by atoms with E-state index in [0.29, 0.717) is 24.0 Å². The van der Waals surface area contributed by atoms with Crippen LogP contribution in [0.15, 0.2) is 53.5 Å². The van der Waals surface area contributed by atoms with E-state index in [-0.39, 0.29) is 11.9 Å². The van der Waals surface area contributed by atoms with E-state index in [9.17, 15) is 14.4 Å². The van der Waals surface area contributed by atoms with Gasteiger partial charge in [0.05, 0.1) is 17.6 Å². The van der Waals surface area contributed by atoms with E-state index in [1.807, 2.05) is 36.4 Å². The minimum Gasteiger partial charge on any atom is -0.444 e. The fraction of sp³-hybridized carbons (Fsp3) is 0.370. The van der Waals surface area contributed by atoms with Gasteiger partial charge in [-0.1, -0.05) is 30.3 Å². The lowest BCUT2D eigenvalue weighted by atomic mass is 10.00. The predicted molar refractivity (Wildman–Crippen MR) is 137 cm³/mol. The van der Waals surface area contributed by atoms with Crippen molar-refractivity contribution in [3.63, 3.8) is 0 Å². The number of anilines is 2. The minimum atomic E-state index is -0.656. The first-order valence-electron chi connectivity index (χ1n) is 12.2. The van der Waals surface area contributed by atoms with Crippen molar-refractivity contribution in [2.24, 2.45) is 0 Å². The first kappa shape index (κ1) is 23.7. The molecule has 0 spiro atoms. The van der Waals surface area contributed by atoms with Crippen LogP contribution < -0.4 is 16.2 Å². The van der Waals surface area contributed by atoms with Gasteiger partial charge in [-0.25, -0.2) is 4.79 Å². The Bertz CT molecular complexity index is 1390. The minimum absolute atomic E-state index is 0.197. The molecule has 2 aromatic carbocycles. The molecule has 2 N–H and O–H groups in total. The number of amides is 2. The third-order valence-corrected chi connectivity index (χ3v) is 6.45. The van der Waals surface area contributed by atoms with Gasteiger partial charge < -0.3 is 15.4 Å². The number of piperidine rings is 1. The third kappa shape index (κ3) is 4.60. The molecule has 1 aromatic heterocycles. The summed E-state index contributed by atoms with van der Waals surface area (Å²) in [4.78, 5) is 40.4. The topological polar surface area (TPSA) is 114 Å². The quantitative estimate of drug-likeness (QED) is 0.568. The molecule has 0 bridgehead atoms. The average Bonchev–Trinajstić information content (AvgIpc) is 3.12. The molecule has 3 aromatic rings. The fourth-order valence-electron chi connectivity index (χ4n) is 4.90. The Labute approximate surface area is 208 Å². The first-order valence-corrected chi connectivity index (χ1v) is 12.2. The van der Waals surface area contributed by atoms with Gasteiger partial charge >= 0.3 is 6.09 Å². The molecule has 2 atom stereocenters. The number of hydrogen-bond acceptors (Lipinski definition) is 7. The number of nitrogens with one attached hydrogen (secondary N) is 2. The van der Waals surface area contributed by atoms with Crippen LogP contribution in [0.2, 0.25) is 0 Å². The summed E-state index contributed by atoms with van der Waals surface area (Å²) in [5.41, 5.74) is 1.92. The summed E-state index contributed by atoms with van der Waals surface area (Å²) in [5, 5.41) is 15.3. The van der Waals surface area contributed by atoms with Crippen molar-refractivity contribution in [1.29, 1.82) is 0 Å². The largest absolute Gasteiger partial charge is 0.444 e. The Morgan fingerprint density at radius 3 is 2.67 bits per heavy atom. The van der Waals surface area contributed by atoms with Crippen molar-refractivity contribution in [1.82, 2.24) is 15.1 Å². The molecule has 1 fully saturated rings. The number of ether oxygens (including phenoxy) is 1. The summed E-state index contributed by atoms with van der Waals surface area (Å²) >= 11 is 0. The monoisotopic (exact) mass is 487 g/mol. The second-order valence-electron chi connectivity index (χ2n) is 10.2. The molecule has 0 saturated carbocycles. The van der Waals surface area contributed by atoms with Gasteiger partial charge in [0.2, 0.25) is 5.91 Å². The lowest BCUT2D eigenvalue weighted by Crippen LogP contribution is -2.51. The van der Waals surface area contributed by atoms with E-state index in [1.54, 1.807) is 33.0 Å². The van der Waals surface area contributed by atoms with Crippen LogP contribution >= 0.6 is 0 Å². The van der Waals surface area contributed by atoms with Crippen LogP contribution in [-0.2, 0) is 9.53 Å². The van der Waals surface area contributed by atoms with Gasteiger partial charge in [-0.2, -0.15) is 5.10 Å². The Morgan fingerprint density at radius 1 is 1.14 bits per heavy atom. The maximum atomic E-state index is 13.3. The molecule has 0 aliphatic carbocycles. The van der Waals surface area contributed by atoms with E-state index in [4.69, 9.17) is 4.74 Å². The molecule has 5 rings (SSSR count). The fourth-order valence-corrected chi connectivity index (χ4v) is 4.90. The van der Waals surface area contributed by atoms with Crippen LogP contribution in [0, 0.1) is 0 Å². The van der Waals surface area contributed by atoms with Crippen LogP contribution in [0.1, 0.15) is 57.2 Å². The molecule has 1 saturated heterocycles. The number of aromatic nitrogens is 2. The molecular weight excluding hydrogens is 458 g/mol. The highest BCUT2D eigenvalue weighted by atomic mass is 16.6. The molecule has 2 aliphatic heterocycles. The summed E-state index contributed by atoms with van der Waals surface area (Å²) in [6.07, 6.45) is 3.30. The predicted octanol–water partition coefficient (Wildman–Crippen LogP) is 4.23. The summed E-state index contributed by atoms with van der Waals surface area (Å²) in [6.45, 7) is 5.86. The summed E-state index contributed by atoms with van der Waals surface area (Å²) in [6, 6.07) is 12.5. The summed E-state index contributed by atoms with van der Waals surface area (Å²) < 4.78 is 5.53. The summed E-state index contributed by atoms with van der Waals surface area (Å²) in [5.74, 6) is -0.316. The lowest BCUT2D eigenvalue weighted by Gasteiger charge is -2.35. The zero-order valence-electron chi connectivity index (χ0n) is 20.6. The summed E-state index contributed by atoms with van der Waals surface area (Å²) in [7, 11) is 0. The van der Waals surface area contributed by atoms with Crippen LogP contribution in [0.3, 0.4) is 0 Å². The van der Waals surface area contributed by atoms with E-state index < -0.39 is 23.3 Å². The van der Waals surface area contributed by atoms with Crippen molar-refractivity contribution in [3.05, 3.63) is 70.1 Å². The number of benzene rings is 2. The van der Waals surface area contributed by atoms with Gasteiger partial charge in [-0.3, -0.25) is 14.5 Å². The van der Waals surface area contributed by atoms with E-state index in [0.717, 1.165) is 35.0 Å². The Kier molecular flexibility index (Phi) is 6.07. The molecule has 2 amide bonds. The normalized spacial score (nSPS) is 19.0. The molecule has 9 heteroatoms. The van der Waals surface area contributed by atoms with Crippen molar-refractivity contribution in [2.45, 2.75) is 57.7 Å². The molecular formula is C27H29N5O4. The molecule has 0 radical (unpaired) electrons. The maximum Gasteiger partial charge on any atom is 0.410 e. The highest BCUT2D eigenvalue weighted by Crippen LogP contribution is 2.42. The standard InChI is InChI=1S/C27H29N5O4/c1-27(2,3)36-26(35)32-12-8-7-11-21(32)25(34)29-17-13-18-22-19(15-28-31-24(18)33)23(30-20(22)14-17)16-9-5-4-6-10-16/h4-6,9-10,13-15,21,23,30H,7-8,11-12H2,1-3H3,(H,29,34)/t21-,23?/m0/s1. The number of rotatable bonds is 3. The van der Waals surface area contributed by atoms with Gasteiger partial charge in [0.25, 0.3) is 5.56 Å². The van der Waals surface area contributed by atoms with Crippen LogP contribution in [0.5, 0.6) is 0 Å². The average molecular weight is 488 g/mol. The van der Waals surface area contributed by atoms with Crippen molar-refractivity contribution < 1.29 is 14.3 Å². The van der Waals surface area contributed by atoms with Gasteiger partial charge in [0.15, 0.2) is 0 Å². The van der Waals surface area contributed by atoms with E-state index >= 15 is 0 Å². The zero-order valence-corrected chi connectivity index (χ0v) is 20.6. The number of carbonyl (C=O) groups excluding carboxylic acids is 2. The molecule has 1 unspecified atom stereocenters. The van der Waals surface area contributed by atoms with Gasteiger partial charge in [-0.05, 0) is 57.7 Å². The molecule has 3 heterocycles. The number of nitrogens with zero attached hydrogens (tertiary/aromatic N) is 3. The Balaban J connectivity index is 1.46. The number of hydrogen-bond donors (Lipinski definition) is 2. The van der Waals surface area contributed by atoms with Gasteiger partial charge in [0, 0.05) is 28.9 Å². The molecule has 2 aliphatic rings. The Morgan fingerprint density at radius 2 is 1.92 bits per heavy atom. The molecule has 9 nitrogen and oxygen atoms in total. The van der Waals surface area contributed by atoms with Crippen LogP contribution in [0.25, 0.3) is 10.8 Å². The second-order valence-corrected chi connectivity index (χ2v) is 10.2. The Hall–Kier alpha value is -4.01. The van der Waals surface area contributed by atoms with Crippen LogP contribution in [0.4, 0.5) is 16.2 Å². The smallest absolute Gasteiger partial charge is 0.410 e. The first-order chi connectivity index (χ1) is 17.2. The third-order valence-electron chi connectivity index (χ3n) is 6.45. The van der Waals surface area contributed by atoms with Gasteiger partial charge in [-0.15, -0.1) is 5.10 Å². The molecule has 36 heavy (non-hydrogen) atoms. The highest BCUT2D eigenvalue weighted by molar-refractivity contribution is 6.05. The van der Waals surface area contributed by atoms with E-state index in [1.165, 1.54) is 4.90 Å². The van der Waals surface area contributed by atoms with Crippen molar-refractivity contribution >= 4 is 34.1 Å². The zero-order chi connectivity index (χ0) is 25.4. The number of carbonyl (C=O) groups is 2. The van der Waals surface area contributed by atoms with Crippen molar-refractivity contribution in [2.75, 3.05) is 17.2 Å². The maximum absolute atomic E-state index is 13.3. The van der Waals surface area contributed by atoms with Crippen LogP contribution in [-0.4, -0.2) is 45.3 Å². The molecule has 186 valence electrons. The van der Waals surface area contributed by atoms with Crippen molar-refractivity contribution in [3.8, 4) is 0 Å². The lowest BCUT2D eigenvalue weighted by molar-refractivity contribution is -0.122. The second kappa shape index (κ2) is 9.22. The SMILES string of the molecule is CC(C)(C)OC(=O)N1CCCC[C@H]1C(=O)Nc1cc2c3c(cnnc(=O)c3c1)C(c1ccccc1)N2. The van der Waals surface area contributed by atoms with E-state index in [2.05, 4.69) is 20.8 Å².